The Morgan fingerprint density at radius 2 is 2.23 bits per heavy atom. The van der Waals surface area contributed by atoms with E-state index < -0.39 is 0 Å². The molecule has 1 fully saturated rings. The molecule has 0 saturated carbocycles. The van der Waals surface area contributed by atoms with Crippen molar-refractivity contribution < 1.29 is 9.53 Å². The van der Waals surface area contributed by atoms with Crippen molar-refractivity contribution in [3.05, 3.63) is 29.8 Å². The maximum Gasteiger partial charge on any atom is 0.227 e. The summed E-state index contributed by atoms with van der Waals surface area (Å²) in [7, 11) is 1.96. The Labute approximate surface area is 139 Å². The van der Waals surface area contributed by atoms with Crippen molar-refractivity contribution in [2.45, 2.75) is 32.8 Å². The first-order chi connectivity index (χ1) is 10.1. The zero-order chi connectivity index (χ0) is 15.2. The Bertz CT molecular complexity index is 479. The highest BCUT2D eigenvalue weighted by atomic mass is 35.5. The lowest BCUT2D eigenvalue weighted by Gasteiger charge is -2.17. The summed E-state index contributed by atoms with van der Waals surface area (Å²) in [4.78, 5) is 14.3. The van der Waals surface area contributed by atoms with Gasteiger partial charge in [-0.1, -0.05) is 12.1 Å². The molecule has 5 heteroatoms. The molecule has 124 valence electrons. The van der Waals surface area contributed by atoms with Gasteiger partial charge in [-0.25, -0.2) is 0 Å². The molecule has 1 aliphatic heterocycles. The molecule has 0 radical (unpaired) electrons. The van der Waals surface area contributed by atoms with Crippen molar-refractivity contribution in [1.29, 1.82) is 0 Å². The molecule has 1 aliphatic rings. The van der Waals surface area contributed by atoms with Crippen LogP contribution in [0.25, 0.3) is 0 Å². The van der Waals surface area contributed by atoms with Crippen LogP contribution >= 0.6 is 12.4 Å². The maximum atomic E-state index is 12.4. The quantitative estimate of drug-likeness (QED) is 0.873. The lowest BCUT2D eigenvalue weighted by Crippen LogP contribution is -2.31. The number of carbonyl (C=O) groups excluding carboxylic acids is 1. The summed E-state index contributed by atoms with van der Waals surface area (Å²) in [5.74, 6) is 1.65. The van der Waals surface area contributed by atoms with Gasteiger partial charge in [0.25, 0.3) is 0 Å². The van der Waals surface area contributed by atoms with Gasteiger partial charge >= 0.3 is 0 Å². The third-order valence-electron chi connectivity index (χ3n) is 3.76. The van der Waals surface area contributed by atoms with Gasteiger partial charge in [-0.2, -0.15) is 0 Å². The van der Waals surface area contributed by atoms with Crippen LogP contribution < -0.4 is 10.1 Å². The smallest absolute Gasteiger partial charge is 0.227 e. The minimum absolute atomic E-state index is 0. The number of likely N-dealkylation sites (tertiary alicyclic amines) is 1. The SMILES string of the molecule is CNCC1CCN(C(=O)Cc2cccc(OC(C)C)c2)C1.Cl. The molecule has 1 amide bonds. The average Bonchev–Trinajstić information content (AvgIpc) is 2.87. The van der Waals surface area contributed by atoms with E-state index in [-0.39, 0.29) is 24.4 Å². The predicted octanol–water partition coefficient (Wildman–Crippen LogP) is 2.51. The highest BCUT2D eigenvalue weighted by molar-refractivity contribution is 5.85. The van der Waals surface area contributed by atoms with Crippen LogP contribution in [0.4, 0.5) is 0 Å². The Kier molecular flexibility index (Phi) is 7.69. The van der Waals surface area contributed by atoms with Crippen LogP contribution in [0.15, 0.2) is 24.3 Å². The van der Waals surface area contributed by atoms with Gasteiger partial charge in [0, 0.05) is 13.1 Å². The fourth-order valence-corrected chi connectivity index (χ4v) is 2.80. The molecule has 0 bridgehead atoms. The van der Waals surface area contributed by atoms with Gasteiger partial charge in [0.05, 0.1) is 12.5 Å². The van der Waals surface area contributed by atoms with E-state index in [1.54, 1.807) is 0 Å². The zero-order valence-electron chi connectivity index (χ0n) is 13.7. The first-order valence-corrected chi connectivity index (χ1v) is 7.76. The number of benzene rings is 1. The van der Waals surface area contributed by atoms with E-state index in [1.165, 1.54) is 0 Å². The molecule has 0 aromatic heterocycles. The van der Waals surface area contributed by atoms with E-state index in [1.807, 2.05) is 50.1 Å². The largest absolute Gasteiger partial charge is 0.491 e. The van der Waals surface area contributed by atoms with Crippen LogP contribution in [0.5, 0.6) is 5.75 Å². The standard InChI is InChI=1S/C17H26N2O2.ClH/c1-13(2)21-16-6-4-5-14(9-16)10-17(20)19-8-7-15(12-19)11-18-3;/h4-6,9,13,15,18H,7-8,10-12H2,1-3H3;1H. The summed E-state index contributed by atoms with van der Waals surface area (Å²) < 4.78 is 5.68. The van der Waals surface area contributed by atoms with E-state index in [4.69, 9.17) is 4.74 Å². The molecule has 4 nitrogen and oxygen atoms in total. The number of hydrogen-bond donors (Lipinski definition) is 1. The Balaban J connectivity index is 0.00000242. The lowest BCUT2D eigenvalue weighted by atomic mass is 10.1. The van der Waals surface area contributed by atoms with Crippen molar-refractivity contribution in [2.24, 2.45) is 5.92 Å². The topological polar surface area (TPSA) is 41.6 Å². The van der Waals surface area contributed by atoms with Crippen LogP contribution in [-0.2, 0) is 11.2 Å². The third-order valence-corrected chi connectivity index (χ3v) is 3.76. The van der Waals surface area contributed by atoms with Crippen molar-refractivity contribution in [3.63, 3.8) is 0 Å². The van der Waals surface area contributed by atoms with Crippen molar-refractivity contribution >= 4 is 18.3 Å². The minimum atomic E-state index is 0. The number of nitrogens with one attached hydrogen (secondary N) is 1. The fourth-order valence-electron chi connectivity index (χ4n) is 2.80. The monoisotopic (exact) mass is 326 g/mol. The summed E-state index contributed by atoms with van der Waals surface area (Å²) in [6, 6.07) is 7.85. The molecule has 1 heterocycles. The van der Waals surface area contributed by atoms with Gasteiger partial charge in [0.2, 0.25) is 5.91 Å². The van der Waals surface area contributed by atoms with E-state index in [0.717, 1.165) is 37.4 Å². The van der Waals surface area contributed by atoms with Crippen LogP contribution in [0.1, 0.15) is 25.8 Å². The first-order valence-electron chi connectivity index (χ1n) is 7.76. The lowest BCUT2D eigenvalue weighted by molar-refractivity contribution is -0.129. The second-order valence-electron chi connectivity index (χ2n) is 6.04. The number of ether oxygens (including phenoxy) is 1. The van der Waals surface area contributed by atoms with Gasteiger partial charge < -0.3 is 15.0 Å². The number of amides is 1. The second kappa shape index (κ2) is 9.01. The summed E-state index contributed by atoms with van der Waals surface area (Å²) in [5, 5.41) is 3.19. The van der Waals surface area contributed by atoms with Crippen LogP contribution in [0.2, 0.25) is 0 Å². The number of nitrogens with zero attached hydrogens (tertiary/aromatic N) is 1. The minimum Gasteiger partial charge on any atom is -0.491 e. The van der Waals surface area contributed by atoms with Crippen LogP contribution in [0, 0.1) is 5.92 Å². The van der Waals surface area contributed by atoms with E-state index >= 15 is 0 Å². The molecule has 0 aliphatic carbocycles. The van der Waals surface area contributed by atoms with Gasteiger partial charge in [-0.3, -0.25) is 4.79 Å². The van der Waals surface area contributed by atoms with E-state index in [9.17, 15) is 4.79 Å². The molecule has 22 heavy (non-hydrogen) atoms. The molecule has 1 aromatic carbocycles. The maximum absolute atomic E-state index is 12.4. The number of rotatable bonds is 6. The van der Waals surface area contributed by atoms with E-state index in [2.05, 4.69) is 5.32 Å². The van der Waals surface area contributed by atoms with Crippen LogP contribution in [0.3, 0.4) is 0 Å². The average molecular weight is 327 g/mol. The Hall–Kier alpha value is -1.26. The third kappa shape index (κ3) is 5.50. The van der Waals surface area contributed by atoms with Gasteiger partial charge in [-0.05, 0) is 57.5 Å². The zero-order valence-corrected chi connectivity index (χ0v) is 14.5. The molecular weight excluding hydrogens is 300 g/mol. The fraction of sp³-hybridized carbons (Fsp3) is 0.588. The summed E-state index contributed by atoms with van der Waals surface area (Å²) in [5.41, 5.74) is 1.02. The molecule has 1 unspecified atom stereocenters. The number of hydrogen-bond acceptors (Lipinski definition) is 3. The van der Waals surface area contributed by atoms with Crippen molar-refractivity contribution in [3.8, 4) is 5.75 Å². The molecule has 0 spiro atoms. The molecule has 1 aromatic rings. The molecule has 1 atom stereocenters. The van der Waals surface area contributed by atoms with Gasteiger partial charge in [0.15, 0.2) is 0 Å². The number of carbonyl (C=O) groups is 1. The molecule has 1 saturated heterocycles. The molecule has 1 N–H and O–H groups in total. The van der Waals surface area contributed by atoms with Gasteiger partial charge in [0.1, 0.15) is 5.75 Å². The summed E-state index contributed by atoms with van der Waals surface area (Å²) in [6.07, 6.45) is 1.71. The van der Waals surface area contributed by atoms with E-state index in [0.29, 0.717) is 12.3 Å². The second-order valence-corrected chi connectivity index (χ2v) is 6.04. The van der Waals surface area contributed by atoms with Gasteiger partial charge in [-0.15, -0.1) is 12.4 Å². The highest BCUT2D eigenvalue weighted by Gasteiger charge is 2.25. The predicted molar refractivity (Wildman–Crippen MR) is 91.8 cm³/mol. The molecule has 2 rings (SSSR count). The van der Waals surface area contributed by atoms with Crippen molar-refractivity contribution in [1.82, 2.24) is 10.2 Å². The normalized spacial score (nSPS) is 17.5. The Morgan fingerprint density at radius 3 is 2.91 bits per heavy atom. The highest BCUT2D eigenvalue weighted by Crippen LogP contribution is 2.19. The van der Waals surface area contributed by atoms with Crippen LogP contribution in [-0.4, -0.2) is 43.6 Å². The Morgan fingerprint density at radius 1 is 1.45 bits per heavy atom. The molecular formula is C17H27ClN2O2. The first kappa shape index (κ1) is 18.8. The number of halogens is 1. The van der Waals surface area contributed by atoms with Crippen molar-refractivity contribution in [2.75, 3.05) is 26.7 Å². The summed E-state index contributed by atoms with van der Waals surface area (Å²) in [6.45, 7) is 6.75. The summed E-state index contributed by atoms with van der Waals surface area (Å²) >= 11 is 0.